The number of carbonyl (C=O) groups is 6. The molecule has 478 valence electrons. The van der Waals surface area contributed by atoms with Crippen molar-refractivity contribution in [1.29, 1.82) is 0 Å². The average molecular weight is 1190 g/mol. The Labute approximate surface area is 475 Å². The van der Waals surface area contributed by atoms with Crippen molar-refractivity contribution >= 4 is 35.2 Å². The number of amides is 4. The molecule has 17 N–H and O–H groups in total. The summed E-state index contributed by atoms with van der Waals surface area (Å²) in [4.78, 5) is 71.8. The topological polar surface area (TPSA) is 491 Å². The molecule has 0 aromatic carbocycles. The summed E-state index contributed by atoms with van der Waals surface area (Å²) in [5.74, 6) is -1.45. The fraction of sp³-hybridized carbons (Fsp3) is 0.880. The van der Waals surface area contributed by atoms with Crippen LogP contribution in [0.2, 0.25) is 0 Å². The lowest BCUT2D eigenvalue weighted by atomic mass is 9.96. The number of ketones is 2. The molecule has 0 aliphatic carbocycles. The molecule has 4 rings (SSSR count). The van der Waals surface area contributed by atoms with Crippen molar-refractivity contribution in [2.75, 3.05) is 78.8 Å². The molecule has 4 fully saturated rings. The lowest BCUT2D eigenvalue weighted by Gasteiger charge is -2.46. The molecule has 32 nitrogen and oxygen atoms in total. The lowest BCUT2D eigenvalue weighted by Crippen LogP contribution is -2.65. The van der Waals surface area contributed by atoms with Crippen LogP contribution in [-0.4, -0.2) is 308 Å². The zero-order chi connectivity index (χ0) is 61.8. The van der Waals surface area contributed by atoms with Crippen molar-refractivity contribution in [2.45, 2.75) is 203 Å². The Hall–Kier alpha value is -3.66. The average Bonchev–Trinajstić information content (AvgIpc) is 3.48. The monoisotopic (exact) mass is 1190 g/mol. The van der Waals surface area contributed by atoms with E-state index in [0.29, 0.717) is 45.1 Å². The van der Waals surface area contributed by atoms with Gasteiger partial charge in [0.05, 0.1) is 58.8 Å². The molecule has 0 aromatic heterocycles. The Morgan fingerprint density at radius 2 is 0.866 bits per heavy atom. The summed E-state index contributed by atoms with van der Waals surface area (Å²) in [6.07, 6.45) is -29.6. The van der Waals surface area contributed by atoms with Gasteiger partial charge in [-0.25, -0.2) is 0 Å². The molecule has 32 heteroatoms. The lowest BCUT2D eigenvalue weighted by molar-refractivity contribution is -0.366. The summed E-state index contributed by atoms with van der Waals surface area (Å²) < 4.78 is 44.2. The molecule has 0 spiro atoms. The number of nitrogens with one attached hydrogen (secondary N) is 4. The molecule has 0 unspecified atom stereocenters. The smallest absolute Gasteiger partial charge is 0.234 e. The molecule has 0 aromatic rings. The van der Waals surface area contributed by atoms with E-state index in [1.807, 2.05) is 20.8 Å². The van der Waals surface area contributed by atoms with Gasteiger partial charge in [-0.3, -0.25) is 24.1 Å². The predicted octanol–water partition coefficient (Wildman–Crippen LogP) is -8.39. The molecule has 0 saturated carbocycles. The summed E-state index contributed by atoms with van der Waals surface area (Å²) in [6, 6.07) is 0. The molecule has 4 aliphatic rings. The van der Waals surface area contributed by atoms with Gasteiger partial charge in [-0.1, -0.05) is 20.3 Å². The van der Waals surface area contributed by atoms with Crippen molar-refractivity contribution in [3.8, 4) is 0 Å². The second-order valence-corrected chi connectivity index (χ2v) is 19.8. The molecule has 4 amide bonds. The summed E-state index contributed by atoms with van der Waals surface area (Å²) >= 11 is 0. The van der Waals surface area contributed by atoms with E-state index < -0.39 is 187 Å². The Bertz CT molecular complexity index is 1870. The van der Waals surface area contributed by atoms with Crippen LogP contribution in [0.15, 0.2) is 0 Å². The van der Waals surface area contributed by atoms with Gasteiger partial charge >= 0.3 is 0 Å². The summed E-state index contributed by atoms with van der Waals surface area (Å²) in [5.41, 5.74) is 0. The predicted molar refractivity (Wildman–Crippen MR) is 278 cm³/mol. The molecule has 0 bridgehead atoms. The number of aliphatic hydroxyl groups is 13. The van der Waals surface area contributed by atoms with Crippen LogP contribution in [0.4, 0.5) is 0 Å². The maximum atomic E-state index is 13.2. The number of ether oxygens (including phenoxy) is 8. The minimum absolute atomic E-state index is 0.0834. The van der Waals surface area contributed by atoms with Gasteiger partial charge in [-0.05, 0) is 40.5 Å². The van der Waals surface area contributed by atoms with Gasteiger partial charge in [0.25, 0.3) is 0 Å². The maximum Gasteiger partial charge on any atom is 0.234 e. The van der Waals surface area contributed by atoms with Gasteiger partial charge in [0.2, 0.25) is 23.6 Å². The highest BCUT2D eigenvalue weighted by Gasteiger charge is 2.52. The van der Waals surface area contributed by atoms with E-state index >= 15 is 0 Å². The summed E-state index contributed by atoms with van der Waals surface area (Å²) in [6.45, 7) is 6.13. The quantitative estimate of drug-likeness (QED) is 0.0297. The second kappa shape index (κ2) is 39.1. The van der Waals surface area contributed by atoms with E-state index in [1.54, 1.807) is 13.8 Å². The Balaban J connectivity index is 0.00000210. The number of hydrogen-bond acceptors (Lipinski definition) is 28. The maximum absolute atomic E-state index is 13.2. The van der Waals surface area contributed by atoms with Crippen LogP contribution in [0, 0.1) is 0 Å². The fourth-order valence-electron chi connectivity index (χ4n) is 8.00. The molecular weight excluding hydrogens is 1100 g/mol. The van der Waals surface area contributed by atoms with Crippen LogP contribution < -0.4 is 21.3 Å². The van der Waals surface area contributed by atoms with Gasteiger partial charge in [0.1, 0.15) is 103 Å². The summed E-state index contributed by atoms with van der Waals surface area (Å²) in [7, 11) is 0. The van der Waals surface area contributed by atoms with Crippen LogP contribution in [-0.2, 0) is 66.7 Å². The van der Waals surface area contributed by atoms with E-state index in [4.69, 9.17) is 37.9 Å². The number of hydrogen-bond donors (Lipinski definition) is 17. The minimum atomic E-state index is -1.97. The molecule has 4 saturated heterocycles. The molecule has 0 radical (unpaired) electrons. The number of unbranched alkanes of at least 4 members (excludes halogenated alkanes) is 2. The minimum Gasteiger partial charge on any atom is -0.394 e. The zero-order valence-electron chi connectivity index (χ0n) is 47.3. The van der Waals surface area contributed by atoms with E-state index in [0.717, 1.165) is 0 Å². The highest BCUT2D eigenvalue weighted by atomic mass is 16.8. The third-order valence-corrected chi connectivity index (χ3v) is 13.2. The van der Waals surface area contributed by atoms with Crippen LogP contribution in [0.25, 0.3) is 0 Å². The first-order valence-electron chi connectivity index (χ1n) is 27.4. The Morgan fingerprint density at radius 3 is 1.33 bits per heavy atom. The summed E-state index contributed by atoms with van der Waals surface area (Å²) in [5, 5.41) is 145. The van der Waals surface area contributed by atoms with Crippen molar-refractivity contribution in [2.24, 2.45) is 0 Å². The molecule has 4 aliphatic heterocycles. The molecule has 4 heterocycles. The van der Waals surface area contributed by atoms with Gasteiger partial charge in [0.15, 0.2) is 25.2 Å². The third kappa shape index (κ3) is 25.1. The van der Waals surface area contributed by atoms with Gasteiger partial charge < -0.3 is 135 Å². The number of rotatable bonds is 30. The highest BCUT2D eigenvalue weighted by Crippen LogP contribution is 2.31. The van der Waals surface area contributed by atoms with E-state index in [-0.39, 0.29) is 43.7 Å². The highest BCUT2D eigenvalue weighted by molar-refractivity contribution is 5.84. The van der Waals surface area contributed by atoms with E-state index in [1.165, 1.54) is 11.8 Å². The van der Waals surface area contributed by atoms with Crippen molar-refractivity contribution < 1.29 is 133 Å². The molecule has 20 atom stereocenters. The third-order valence-electron chi connectivity index (χ3n) is 13.2. The second-order valence-electron chi connectivity index (χ2n) is 19.8. The first-order valence-corrected chi connectivity index (χ1v) is 27.4. The number of Topliss-reactive ketones (excluding diaryl/α,β-unsaturated/α-hetero) is 2. The fourth-order valence-corrected chi connectivity index (χ4v) is 8.00. The van der Waals surface area contributed by atoms with Crippen LogP contribution in [0.1, 0.15) is 80.1 Å². The van der Waals surface area contributed by atoms with Crippen molar-refractivity contribution in [1.82, 2.24) is 26.2 Å². The van der Waals surface area contributed by atoms with Gasteiger partial charge in [-0.2, -0.15) is 0 Å². The largest absolute Gasteiger partial charge is 0.394 e. The van der Waals surface area contributed by atoms with Crippen molar-refractivity contribution in [3.63, 3.8) is 0 Å². The van der Waals surface area contributed by atoms with Crippen molar-refractivity contribution in [3.05, 3.63) is 0 Å². The number of aliphatic hydroxyl groups excluding tert-OH is 13. The molecule has 82 heavy (non-hydrogen) atoms. The first kappa shape index (κ1) is 74.4. The number of carbonyl (C=O) groups excluding carboxylic acids is 6. The first-order chi connectivity index (χ1) is 38.8. The van der Waals surface area contributed by atoms with Crippen LogP contribution in [0.3, 0.4) is 0 Å². The Morgan fingerprint density at radius 1 is 0.451 bits per heavy atom. The van der Waals surface area contributed by atoms with Crippen LogP contribution >= 0.6 is 0 Å². The van der Waals surface area contributed by atoms with Crippen LogP contribution in [0.5, 0.6) is 0 Å². The SMILES string of the molecule is CCC(C)=O.CCC(C)=O.CCNC(=O)CCCCCNC(=O)CN(CC(=O)NCCO[C@@H]1O[C@@H](C)[C@@H](O)[C@@H](O)[C@@H]1O)CC(=O)NCCO[C@H]1O[C@H](CO[C@H]2O[C@H](CO)[C@@H](O)[C@H](O)[C@@H]2O)[C@@H](O)[C@H](O[C@H]2O[C@H](CO)[C@@H](O)[C@H](O)[C@@H]2O)[C@@H]1O. The van der Waals surface area contributed by atoms with E-state index in [2.05, 4.69) is 21.3 Å². The van der Waals surface area contributed by atoms with E-state index in [9.17, 15) is 95.2 Å². The zero-order valence-corrected chi connectivity index (χ0v) is 47.3. The van der Waals surface area contributed by atoms with Gasteiger partial charge in [0, 0.05) is 45.4 Å². The normalized spacial score (nSPS) is 33.6. The molecular formula is C50H91N5O27. The standard InChI is InChI=1S/C42H75N5O25.2C4H8O/c1-3-43-23(50)7-5-4-6-8-44-24(51)13-47(14-25(52)45-9-11-65-39-34(61)31(58)27(54)19(2)68-39)15-26(53)46-10-12-66-41-37(64)38(72-42-36(63)33(60)29(56)21(17-49)70-42)30(57)22(71-41)18-67-40-35(62)32(59)28(55)20(16-48)69-40;2*1-3-4(2)5/h19-22,27-42,48-49,54-64H,3-18H2,1-2H3,(H,43,50)(H,44,51)(H,45,52)(H,46,53);2*3H2,1-2H3/t19-,20+,21+,22+,27+,28+,29+,30+,31+,32-,33-,34-,35-,36-,37-,38-,39+,40-,41-,42+;;/m0../s1. The number of nitrogens with zero attached hydrogens (tertiary/aromatic N) is 1. The van der Waals surface area contributed by atoms with Gasteiger partial charge in [-0.15, -0.1) is 0 Å². The Kier molecular flexibility index (Phi) is 35.5.